The van der Waals surface area contributed by atoms with Crippen molar-refractivity contribution in [1.82, 2.24) is 4.90 Å². The number of rotatable bonds is 2. The van der Waals surface area contributed by atoms with Crippen LogP contribution in [0.4, 0.5) is 0 Å². The topological polar surface area (TPSA) is 38.8 Å². The fourth-order valence-corrected chi connectivity index (χ4v) is 2.36. The van der Waals surface area contributed by atoms with Crippen LogP contribution in [-0.2, 0) is 14.3 Å². The van der Waals surface area contributed by atoms with Crippen LogP contribution >= 0.6 is 11.6 Å². The third kappa shape index (κ3) is 2.24. The van der Waals surface area contributed by atoms with Gasteiger partial charge >= 0.3 is 0 Å². The molecule has 1 heterocycles. The number of hydrogen-bond acceptors (Lipinski definition) is 3. The molecule has 0 unspecified atom stereocenters. The fraction of sp³-hybridized carbons (Fsp3) is 0.727. The summed E-state index contributed by atoms with van der Waals surface area (Å²) in [5.74, 6) is -1.22. The number of ether oxygens (including phenoxy) is 2. The Labute approximate surface area is 101 Å². The molecule has 0 aromatic carbocycles. The van der Waals surface area contributed by atoms with Gasteiger partial charge in [-0.1, -0.05) is 11.6 Å². The Hall–Kier alpha value is -0.580. The number of carbonyl (C=O) groups is 1. The van der Waals surface area contributed by atoms with Gasteiger partial charge in [-0.25, -0.2) is 0 Å². The summed E-state index contributed by atoms with van der Waals surface area (Å²) in [6.45, 7) is 2.12. The molecule has 5 heteroatoms. The largest absolute Gasteiger partial charge is 0.332 e. The van der Waals surface area contributed by atoms with Gasteiger partial charge in [0.2, 0.25) is 5.91 Å². The van der Waals surface area contributed by atoms with Crippen molar-refractivity contribution in [3.8, 4) is 0 Å². The van der Waals surface area contributed by atoms with E-state index in [9.17, 15) is 4.79 Å². The van der Waals surface area contributed by atoms with Gasteiger partial charge in [0, 0.05) is 38.8 Å². The van der Waals surface area contributed by atoms with Crippen LogP contribution in [0.1, 0.15) is 26.2 Å². The lowest BCUT2D eigenvalue weighted by molar-refractivity contribution is -0.261. The van der Waals surface area contributed by atoms with E-state index in [1.807, 2.05) is 0 Å². The highest BCUT2D eigenvalue weighted by atomic mass is 35.5. The van der Waals surface area contributed by atoms with E-state index in [1.165, 1.54) is 26.7 Å². The summed E-state index contributed by atoms with van der Waals surface area (Å²) in [7, 11) is 3.04. The maximum atomic E-state index is 11.6. The molecule has 92 valence electrons. The van der Waals surface area contributed by atoms with Crippen LogP contribution in [0.2, 0.25) is 0 Å². The molecule has 0 N–H and O–H groups in total. The first-order chi connectivity index (χ1) is 7.62. The van der Waals surface area contributed by atoms with Gasteiger partial charge in [0.05, 0.1) is 0 Å². The Morgan fingerprint density at radius 2 is 2.06 bits per heavy atom. The highest BCUT2D eigenvalue weighted by molar-refractivity contribution is 6.25. The van der Waals surface area contributed by atoms with E-state index in [4.69, 9.17) is 21.1 Å². The van der Waals surface area contributed by atoms with E-state index >= 15 is 0 Å². The smallest absolute Gasteiger partial charge is 0.278 e. The molecular weight excluding hydrogens is 230 g/mol. The molecule has 4 nitrogen and oxygen atoms in total. The zero-order valence-electron chi connectivity index (χ0n) is 9.96. The number of nitrogens with zero attached hydrogens (tertiary/aromatic N) is 1. The molecule has 1 saturated heterocycles. The van der Waals surface area contributed by atoms with Crippen molar-refractivity contribution in [3.63, 3.8) is 0 Å². The molecule has 1 amide bonds. The van der Waals surface area contributed by atoms with Crippen LogP contribution in [0.25, 0.3) is 0 Å². The first-order valence-electron chi connectivity index (χ1n) is 5.30. The fourth-order valence-electron chi connectivity index (χ4n) is 2.12. The van der Waals surface area contributed by atoms with Crippen molar-refractivity contribution in [2.75, 3.05) is 20.8 Å². The highest BCUT2D eigenvalue weighted by Gasteiger charge is 2.43. The summed E-state index contributed by atoms with van der Waals surface area (Å²) in [6.07, 6.45) is 2.66. The Morgan fingerprint density at radius 3 is 2.50 bits per heavy atom. The number of halogens is 1. The summed E-state index contributed by atoms with van der Waals surface area (Å²) < 4.78 is 10.8. The van der Waals surface area contributed by atoms with Gasteiger partial charge in [-0.3, -0.25) is 9.69 Å². The monoisotopic (exact) mass is 247 g/mol. The molecule has 1 fully saturated rings. The van der Waals surface area contributed by atoms with Gasteiger partial charge < -0.3 is 9.47 Å². The summed E-state index contributed by atoms with van der Waals surface area (Å²) >= 11 is 5.80. The number of hydrogen-bond donors (Lipinski definition) is 0. The van der Waals surface area contributed by atoms with Gasteiger partial charge in [0.25, 0.3) is 5.91 Å². The first kappa shape index (κ1) is 13.5. The molecule has 0 aliphatic carbocycles. The second-order valence-corrected chi connectivity index (χ2v) is 3.97. The van der Waals surface area contributed by atoms with Crippen LogP contribution < -0.4 is 0 Å². The second-order valence-electron chi connectivity index (χ2n) is 3.75. The van der Waals surface area contributed by atoms with Crippen molar-refractivity contribution in [3.05, 3.63) is 11.1 Å². The lowest BCUT2D eigenvalue weighted by Crippen LogP contribution is -2.54. The zero-order valence-corrected chi connectivity index (χ0v) is 10.7. The van der Waals surface area contributed by atoms with Crippen molar-refractivity contribution < 1.29 is 14.3 Å². The molecule has 1 rings (SSSR count). The van der Waals surface area contributed by atoms with E-state index in [-0.39, 0.29) is 5.91 Å². The standard InChI is InChI=1S/C11H18ClNO3/c1-9(14)13-7-5-4-6-10(8-12)11(13,15-2)16-3/h8H,4-7H2,1-3H3. The lowest BCUT2D eigenvalue weighted by atomic mass is 10.1. The normalized spacial score (nSPS) is 23.2. The Kier molecular flexibility index (Phi) is 4.77. The Balaban J connectivity index is 3.18. The summed E-state index contributed by atoms with van der Waals surface area (Å²) in [5.41, 5.74) is 2.24. The molecule has 0 saturated carbocycles. The second kappa shape index (κ2) is 5.66. The molecule has 0 radical (unpaired) electrons. The maximum absolute atomic E-state index is 11.6. The Morgan fingerprint density at radius 1 is 1.44 bits per heavy atom. The highest BCUT2D eigenvalue weighted by Crippen LogP contribution is 2.34. The van der Waals surface area contributed by atoms with Gasteiger partial charge in [-0.2, -0.15) is 0 Å². The molecule has 0 spiro atoms. The van der Waals surface area contributed by atoms with Gasteiger partial charge in [0.1, 0.15) is 0 Å². The number of carbonyl (C=O) groups excluding carboxylic acids is 1. The van der Waals surface area contributed by atoms with E-state index in [0.717, 1.165) is 24.8 Å². The average Bonchev–Trinajstić information content (AvgIpc) is 2.47. The van der Waals surface area contributed by atoms with Crippen LogP contribution in [0.15, 0.2) is 11.1 Å². The lowest BCUT2D eigenvalue weighted by Gasteiger charge is -2.40. The average molecular weight is 248 g/mol. The quantitative estimate of drug-likeness (QED) is 0.702. The van der Waals surface area contributed by atoms with Gasteiger partial charge in [-0.05, 0) is 19.3 Å². The summed E-state index contributed by atoms with van der Waals surface area (Å²) in [4.78, 5) is 13.2. The van der Waals surface area contributed by atoms with Crippen molar-refractivity contribution in [2.45, 2.75) is 32.1 Å². The SMILES string of the molecule is COC1(OC)C(=CCl)CCCCN1C(C)=O. The van der Waals surface area contributed by atoms with E-state index in [0.29, 0.717) is 6.54 Å². The van der Waals surface area contributed by atoms with Gasteiger partial charge in [0.15, 0.2) is 0 Å². The van der Waals surface area contributed by atoms with E-state index < -0.39 is 5.91 Å². The molecule has 1 aliphatic rings. The molecular formula is C11H18ClNO3. The van der Waals surface area contributed by atoms with Crippen molar-refractivity contribution >= 4 is 17.5 Å². The predicted molar refractivity (Wildman–Crippen MR) is 61.9 cm³/mol. The van der Waals surface area contributed by atoms with Crippen molar-refractivity contribution in [2.24, 2.45) is 0 Å². The number of methoxy groups -OCH3 is 2. The summed E-state index contributed by atoms with van der Waals surface area (Å²) in [5, 5.41) is 0. The zero-order chi connectivity index (χ0) is 12.2. The van der Waals surface area contributed by atoms with E-state index in [2.05, 4.69) is 0 Å². The van der Waals surface area contributed by atoms with E-state index in [1.54, 1.807) is 4.90 Å². The third-order valence-corrected chi connectivity index (χ3v) is 3.17. The minimum atomic E-state index is -1.13. The molecule has 0 aromatic heterocycles. The molecule has 1 aliphatic heterocycles. The van der Waals surface area contributed by atoms with Gasteiger partial charge in [-0.15, -0.1) is 0 Å². The molecule has 0 aromatic rings. The molecule has 16 heavy (non-hydrogen) atoms. The molecule has 0 bridgehead atoms. The minimum absolute atomic E-state index is 0.0818. The first-order valence-corrected chi connectivity index (χ1v) is 5.74. The summed E-state index contributed by atoms with van der Waals surface area (Å²) in [6, 6.07) is 0. The Bertz CT molecular complexity index is 287. The van der Waals surface area contributed by atoms with Crippen LogP contribution in [0.3, 0.4) is 0 Å². The molecule has 0 atom stereocenters. The minimum Gasteiger partial charge on any atom is -0.332 e. The number of likely N-dealkylation sites (tertiary alicyclic amines) is 1. The van der Waals surface area contributed by atoms with Crippen LogP contribution in [-0.4, -0.2) is 37.5 Å². The van der Waals surface area contributed by atoms with Crippen LogP contribution in [0, 0.1) is 0 Å². The van der Waals surface area contributed by atoms with Crippen LogP contribution in [0.5, 0.6) is 0 Å². The predicted octanol–water partition coefficient (Wildman–Crippen LogP) is 2.09. The third-order valence-electron chi connectivity index (χ3n) is 2.90. The van der Waals surface area contributed by atoms with Crippen molar-refractivity contribution in [1.29, 1.82) is 0 Å². The number of amides is 1. The maximum Gasteiger partial charge on any atom is 0.278 e.